The number of aromatic nitrogens is 2. The number of hydrogen-bond acceptors (Lipinski definition) is 6. The van der Waals surface area contributed by atoms with E-state index in [4.69, 9.17) is 0 Å². The molecule has 2 aliphatic rings. The summed E-state index contributed by atoms with van der Waals surface area (Å²) in [6.07, 6.45) is 8.93. The Labute approximate surface area is 224 Å². The van der Waals surface area contributed by atoms with Crippen molar-refractivity contribution in [2.24, 2.45) is 0 Å². The van der Waals surface area contributed by atoms with E-state index in [2.05, 4.69) is 32.5 Å². The molecule has 38 heavy (non-hydrogen) atoms. The first kappa shape index (κ1) is 24.3. The third-order valence-corrected chi connectivity index (χ3v) is 8.29. The maximum absolute atomic E-state index is 13.5. The number of urea groups is 1. The number of hydrogen-bond donors (Lipinski definition) is 3. The lowest BCUT2D eigenvalue weighted by Gasteiger charge is -2.33. The molecule has 6 rings (SSSR count). The zero-order valence-electron chi connectivity index (χ0n) is 20.8. The van der Waals surface area contributed by atoms with Gasteiger partial charge in [-0.05, 0) is 37.1 Å². The van der Waals surface area contributed by atoms with Gasteiger partial charge in [-0.1, -0.05) is 49.8 Å². The first-order valence-electron chi connectivity index (χ1n) is 12.8. The molecule has 1 aromatic carbocycles. The van der Waals surface area contributed by atoms with Crippen LogP contribution in [0, 0.1) is 0 Å². The summed E-state index contributed by atoms with van der Waals surface area (Å²) >= 11 is 1.58. The Bertz CT molecular complexity index is 1520. The number of nitrogens with zero attached hydrogens (tertiary/aromatic N) is 3. The maximum Gasteiger partial charge on any atom is 0.331 e. The van der Waals surface area contributed by atoms with E-state index in [0.717, 1.165) is 69.1 Å². The van der Waals surface area contributed by atoms with Crippen molar-refractivity contribution in [2.75, 3.05) is 10.2 Å². The van der Waals surface area contributed by atoms with Gasteiger partial charge in [0.05, 0.1) is 28.1 Å². The van der Waals surface area contributed by atoms with Crippen LogP contribution in [0.15, 0.2) is 73.6 Å². The van der Waals surface area contributed by atoms with Crippen molar-refractivity contribution in [3.63, 3.8) is 0 Å². The maximum atomic E-state index is 13.5. The molecule has 0 unspecified atom stereocenters. The minimum atomic E-state index is -0.219. The van der Waals surface area contributed by atoms with E-state index in [9.17, 15) is 9.59 Å². The fourth-order valence-electron chi connectivity index (χ4n) is 5.36. The van der Waals surface area contributed by atoms with Crippen molar-refractivity contribution in [1.29, 1.82) is 0 Å². The summed E-state index contributed by atoms with van der Waals surface area (Å²) in [5.74, 6) is -0.145. The van der Waals surface area contributed by atoms with Gasteiger partial charge in [0.1, 0.15) is 4.83 Å². The topological polar surface area (TPSA) is 99.2 Å². The molecule has 3 amide bonds. The Morgan fingerprint density at radius 1 is 1.11 bits per heavy atom. The molecule has 4 aromatic rings. The zero-order valence-corrected chi connectivity index (χ0v) is 21.6. The fraction of sp³-hybridized carbons (Fsp3) is 0.241. The standard InChI is InChI=1S/C29H28N6O2S/c1-2-25(36)33-21-11-7-6-10-20(21)32-17-24-27-26-23(13-15-31-28(26)38-24)35(29(37)34-27)19-12-14-30-22(16-19)18-8-4-3-5-9-18/h2-5,8-9,12-16,20-21,32H,1,6-7,10-11,17H2,(H,33,36)(H,34,37)/t20-,21+/m1/s1. The Kier molecular flexibility index (Phi) is 6.61. The quantitative estimate of drug-likeness (QED) is 0.268. The van der Waals surface area contributed by atoms with E-state index >= 15 is 0 Å². The molecule has 0 bridgehead atoms. The summed E-state index contributed by atoms with van der Waals surface area (Å²) in [4.78, 5) is 38.2. The third-order valence-electron chi connectivity index (χ3n) is 7.19. The molecule has 3 aromatic heterocycles. The minimum Gasteiger partial charge on any atom is -0.348 e. The fourth-order valence-corrected chi connectivity index (χ4v) is 6.43. The van der Waals surface area contributed by atoms with Gasteiger partial charge < -0.3 is 16.0 Å². The second-order valence-corrected chi connectivity index (χ2v) is 10.6. The van der Waals surface area contributed by atoms with Crippen LogP contribution in [0.5, 0.6) is 0 Å². The smallest absolute Gasteiger partial charge is 0.331 e. The first-order valence-corrected chi connectivity index (χ1v) is 13.6. The molecule has 1 fully saturated rings. The number of carbonyl (C=O) groups excluding carboxylic acids is 2. The Morgan fingerprint density at radius 3 is 2.71 bits per heavy atom. The zero-order chi connectivity index (χ0) is 26.1. The number of nitrogens with one attached hydrogen (secondary N) is 3. The molecular formula is C29H28N6O2S. The molecule has 1 aliphatic carbocycles. The van der Waals surface area contributed by atoms with E-state index in [1.54, 1.807) is 28.6 Å². The minimum absolute atomic E-state index is 0.0595. The van der Waals surface area contributed by atoms with Crippen LogP contribution in [-0.4, -0.2) is 34.0 Å². The molecule has 0 saturated heterocycles. The van der Waals surface area contributed by atoms with Crippen molar-refractivity contribution in [3.05, 3.63) is 78.5 Å². The summed E-state index contributed by atoms with van der Waals surface area (Å²) in [5, 5.41) is 10.8. The van der Waals surface area contributed by atoms with Crippen LogP contribution in [-0.2, 0) is 11.3 Å². The second kappa shape index (κ2) is 10.4. The van der Waals surface area contributed by atoms with Gasteiger partial charge in [-0.25, -0.2) is 9.78 Å². The average Bonchev–Trinajstić information content (AvgIpc) is 3.31. The van der Waals surface area contributed by atoms with E-state index in [1.165, 1.54) is 6.08 Å². The van der Waals surface area contributed by atoms with Crippen LogP contribution in [0.4, 0.5) is 21.9 Å². The van der Waals surface area contributed by atoms with Crippen LogP contribution in [0.2, 0.25) is 0 Å². The largest absolute Gasteiger partial charge is 0.348 e. The van der Waals surface area contributed by atoms with Crippen molar-refractivity contribution in [3.8, 4) is 11.3 Å². The molecule has 1 saturated carbocycles. The molecule has 4 heterocycles. The number of thiophene rings is 1. The lowest BCUT2D eigenvalue weighted by atomic mass is 9.90. The SMILES string of the molecule is C=CC(=O)N[C@H]1CCCC[C@H]1NCc1sc2nccc3c2c1NC(=O)N3c1ccnc(-c2ccccc2)c1. The molecule has 8 nitrogen and oxygen atoms in total. The van der Waals surface area contributed by atoms with Crippen LogP contribution in [0.3, 0.4) is 0 Å². The monoisotopic (exact) mass is 524 g/mol. The van der Waals surface area contributed by atoms with E-state index in [0.29, 0.717) is 6.54 Å². The lowest BCUT2D eigenvalue weighted by molar-refractivity contribution is -0.117. The van der Waals surface area contributed by atoms with Gasteiger partial charge in [0, 0.05) is 41.5 Å². The normalized spacial score (nSPS) is 18.7. The van der Waals surface area contributed by atoms with Crippen molar-refractivity contribution < 1.29 is 9.59 Å². The summed E-state index contributed by atoms with van der Waals surface area (Å²) in [6.45, 7) is 4.15. The summed E-state index contributed by atoms with van der Waals surface area (Å²) < 4.78 is 0. The Hall–Kier alpha value is -4.08. The molecule has 2 atom stereocenters. The van der Waals surface area contributed by atoms with Crippen LogP contribution in [0.1, 0.15) is 30.6 Å². The summed E-state index contributed by atoms with van der Waals surface area (Å²) in [5.41, 5.74) is 4.13. The number of rotatable bonds is 7. The van der Waals surface area contributed by atoms with E-state index in [-0.39, 0.29) is 24.0 Å². The highest BCUT2D eigenvalue weighted by atomic mass is 32.1. The summed E-state index contributed by atoms with van der Waals surface area (Å²) in [7, 11) is 0. The van der Waals surface area contributed by atoms with Crippen LogP contribution in [0.25, 0.3) is 21.5 Å². The van der Waals surface area contributed by atoms with Gasteiger partial charge in [-0.2, -0.15) is 0 Å². The Balaban J connectivity index is 1.30. The van der Waals surface area contributed by atoms with Crippen LogP contribution >= 0.6 is 11.3 Å². The highest BCUT2D eigenvalue weighted by Gasteiger charge is 2.32. The van der Waals surface area contributed by atoms with Gasteiger partial charge in [0.25, 0.3) is 0 Å². The predicted molar refractivity (Wildman–Crippen MR) is 152 cm³/mol. The molecule has 0 radical (unpaired) electrons. The summed E-state index contributed by atoms with van der Waals surface area (Å²) in [6, 6.07) is 15.6. The van der Waals surface area contributed by atoms with E-state index in [1.807, 2.05) is 48.5 Å². The van der Waals surface area contributed by atoms with Crippen molar-refractivity contribution in [1.82, 2.24) is 20.6 Å². The second-order valence-electron chi connectivity index (χ2n) is 9.53. The van der Waals surface area contributed by atoms with Crippen molar-refractivity contribution >= 4 is 50.6 Å². The van der Waals surface area contributed by atoms with Gasteiger partial charge in [0.2, 0.25) is 5.91 Å². The van der Waals surface area contributed by atoms with Gasteiger partial charge >= 0.3 is 6.03 Å². The first-order chi connectivity index (χ1) is 18.6. The third kappa shape index (κ3) is 4.55. The van der Waals surface area contributed by atoms with Gasteiger partial charge in [-0.15, -0.1) is 11.3 Å². The molecular weight excluding hydrogens is 496 g/mol. The number of benzene rings is 1. The highest BCUT2D eigenvalue weighted by molar-refractivity contribution is 7.19. The van der Waals surface area contributed by atoms with Crippen molar-refractivity contribution in [2.45, 2.75) is 44.3 Å². The number of amides is 3. The predicted octanol–water partition coefficient (Wildman–Crippen LogP) is 5.74. The molecule has 1 aliphatic heterocycles. The lowest BCUT2D eigenvalue weighted by Crippen LogP contribution is -2.51. The molecule has 192 valence electrons. The Morgan fingerprint density at radius 2 is 1.89 bits per heavy atom. The van der Waals surface area contributed by atoms with Gasteiger partial charge in [-0.3, -0.25) is 14.7 Å². The average molecular weight is 525 g/mol. The molecule has 3 N–H and O–H groups in total. The van der Waals surface area contributed by atoms with Crippen LogP contribution < -0.4 is 20.9 Å². The van der Waals surface area contributed by atoms with E-state index < -0.39 is 0 Å². The molecule has 9 heteroatoms. The molecule has 0 spiro atoms. The highest BCUT2D eigenvalue weighted by Crippen LogP contribution is 2.46. The number of carbonyl (C=O) groups is 2. The van der Waals surface area contributed by atoms with Gasteiger partial charge in [0.15, 0.2) is 0 Å². The number of pyridine rings is 2. The number of anilines is 3.